The molecule has 2 unspecified atom stereocenters. The number of amides is 1. The Hall–Kier alpha value is -0.630. The van der Waals surface area contributed by atoms with Crippen LogP contribution in [0.2, 0.25) is 0 Å². The van der Waals surface area contributed by atoms with Crippen LogP contribution in [0.5, 0.6) is 0 Å². The molecule has 0 spiro atoms. The molecule has 4 heterocycles. The predicted octanol–water partition coefficient (Wildman–Crippen LogP) is 2.26. The van der Waals surface area contributed by atoms with Gasteiger partial charge in [0.2, 0.25) is 11.0 Å². The Morgan fingerprint density at radius 3 is 2.36 bits per heavy atom. The third kappa shape index (κ3) is 4.76. The molecule has 0 aromatic carbocycles. The van der Waals surface area contributed by atoms with Crippen LogP contribution in [0.1, 0.15) is 37.9 Å². The number of halogens is 2. The number of carbonyl (C=O) groups excluding carboxylic acids is 1. The summed E-state index contributed by atoms with van der Waals surface area (Å²) in [4.78, 5) is 21.4. The molecule has 25 heavy (non-hydrogen) atoms. The highest BCUT2D eigenvalue weighted by molar-refractivity contribution is 7.09. The topological polar surface area (TPSA) is 61.4 Å². The van der Waals surface area contributed by atoms with Crippen molar-refractivity contribution in [3.8, 4) is 0 Å². The van der Waals surface area contributed by atoms with E-state index in [4.69, 9.17) is 0 Å². The summed E-state index contributed by atoms with van der Waals surface area (Å²) in [5.74, 6) is 1.78. The van der Waals surface area contributed by atoms with E-state index in [1.165, 1.54) is 37.2 Å². The summed E-state index contributed by atoms with van der Waals surface area (Å²) in [6.45, 7) is 5.30. The molecular formula is C16H27Cl2N5OS. The molecule has 1 N–H and O–H groups in total. The first-order chi connectivity index (χ1) is 11.2. The molecular weight excluding hydrogens is 381 g/mol. The highest BCUT2D eigenvalue weighted by atomic mass is 35.5. The van der Waals surface area contributed by atoms with Gasteiger partial charge >= 0.3 is 0 Å². The van der Waals surface area contributed by atoms with Gasteiger partial charge in [-0.2, -0.15) is 4.37 Å². The molecule has 1 aromatic heterocycles. The summed E-state index contributed by atoms with van der Waals surface area (Å²) in [5, 5.41) is 4.65. The summed E-state index contributed by atoms with van der Waals surface area (Å²) in [6.07, 6.45) is 5.72. The van der Waals surface area contributed by atoms with Crippen LogP contribution in [0.25, 0.3) is 0 Å². The first-order valence-corrected chi connectivity index (χ1v) is 9.54. The summed E-state index contributed by atoms with van der Waals surface area (Å²) >= 11 is 1.46. The Kier molecular flexibility index (Phi) is 7.31. The van der Waals surface area contributed by atoms with Gasteiger partial charge in [-0.1, -0.05) is 0 Å². The lowest BCUT2D eigenvalue weighted by Gasteiger charge is -2.36. The highest BCUT2D eigenvalue weighted by Gasteiger charge is 2.35. The molecule has 0 aliphatic carbocycles. The van der Waals surface area contributed by atoms with E-state index >= 15 is 0 Å². The largest absolute Gasteiger partial charge is 0.343 e. The van der Waals surface area contributed by atoms with Gasteiger partial charge in [0.1, 0.15) is 5.82 Å². The molecule has 6 nitrogen and oxygen atoms in total. The van der Waals surface area contributed by atoms with Crippen molar-refractivity contribution in [2.24, 2.45) is 5.92 Å². The van der Waals surface area contributed by atoms with Crippen LogP contribution in [0.3, 0.4) is 0 Å². The molecule has 4 rings (SSSR count). The zero-order chi connectivity index (χ0) is 15.8. The van der Waals surface area contributed by atoms with Gasteiger partial charge in [-0.05, 0) is 38.5 Å². The van der Waals surface area contributed by atoms with E-state index in [9.17, 15) is 4.79 Å². The van der Waals surface area contributed by atoms with E-state index in [2.05, 4.69) is 19.6 Å². The van der Waals surface area contributed by atoms with Crippen molar-refractivity contribution in [3.05, 3.63) is 5.82 Å². The maximum absolute atomic E-state index is 12.6. The SMILES string of the molecule is Cc1nsc(N2CCN(C(=O)CC3CC4CCC(C3)N4)CC2)n1.Cl.Cl. The molecule has 3 fully saturated rings. The number of piperidine rings is 1. The van der Waals surface area contributed by atoms with Crippen molar-refractivity contribution in [2.45, 2.75) is 51.1 Å². The Morgan fingerprint density at radius 2 is 1.80 bits per heavy atom. The highest BCUT2D eigenvalue weighted by Crippen LogP contribution is 2.33. The van der Waals surface area contributed by atoms with Crippen LogP contribution in [0.4, 0.5) is 5.13 Å². The summed E-state index contributed by atoms with van der Waals surface area (Å²) in [7, 11) is 0. The molecule has 9 heteroatoms. The lowest BCUT2D eigenvalue weighted by atomic mass is 9.89. The molecule has 2 atom stereocenters. The minimum absolute atomic E-state index is 0. The second kappa shape index (κ2) is 8.84. The van der Waals surface area contributed by atoms with Gasteiger partial charge in [0.25, 0.3) is 0 Å². The number of aromatic nitrogens is 2. The molecule has 0 saturated carbocycles. The van der Waals surface area contributed by atoms with Gasteiger partial charge in [0.05, 0.1) is 0 Å². The van der Waals surface area contributed by atoms with Gasteiger partial charge in [0, 0.05) is 56.2 Å². The molecule has 3 aliphatic rings. The zero-order valence-corrected chi connectivity index (χ0v) is 17.0. The van der Waals surface area contributed by atoms with Gasteiger partial charge in [0.15, 0.2) is 0 Å². The molecule has 142 valence electrons. The van der Waals surface area contributed by atoms with E-state index < -0.39 is 0 Å². The van der Waals surface area contributed by atoms with Gasteiger partial charge in [-0.3, -0.25) is 4.79 Å². The predicted molar refractivity (Wildman–Crippen MR) is 105 cm³/mol. The van der Waals surface area contributed by atoms with Crippen molar-refractivity contribution in [3.63, 3.8) is 0 Å². The lowest BCUT2D eigenvalue weighted by molar-refractivity contribution is -0.132. The maximum atomic E-state index is 12.6. The van der Waals surface area contributed by atoms with Crippen LogP contribution >= 0.6 is 36.3 Å². The van der Waals surface area contributed by atoms with Crippen LogP contribution in [-0.2, 0) is 4.79 Å². The number of nitrogens with zero attached hydrogens (tertiary/aromatic N) is 4. The van der Waals surface area contributed by atoms with Crippen LogP contribution in [0, 0.1) is 12.8 Å². The van der Waals surface area contributed by atoms with E-state index in [-0.39, 0.29) is 24.8 Å². The lowest BCUT2D eigenvalue weighted by Crippen LogP contribution is -2.49. The minimum Gasteiger partial charge on any atom is -0.343 e. The molecule has 2 bridgehead atoms. The molecule has 3 saturated heterocycles. The van der Waals surface area contributed by atoms with Gasteiger partial charge in [-0.15, -0.1) is 24.8 Å². The number of rotatable bonds is 3. The Balaban J connectivity index is 0.00000113. The number of hydrogen-bond donors (Lipinski definition) is 1. The Morgan fingerprint density at radius 1 is 1.16 bits per heavy atom. The van der Waals surface area contributed by atoms with Gasteiger partial charge < -0.3 is 15.1 Å². The fourth-order valence-corrected chi connectivity index (χ4v) is 5.01. The number of aryl methyl sites for hydroxylation is 1. The zero-order valence-electron chi connectivity index (χ0n) is 14.5. The molecule has 1 amide bonds. The number of anilines is 1. The number of nitrogens with one attached hydrogen (secondary N) is 1. The second-order valence-electron chi connectivity index (χ2n) is 7.17. The normalized spacial score (nSPS) is 28.3. The van der Waals surface area contributed by atoms with Crippen molar-refractivity contribution in [1.82, 2.24) is 19.6 Å². The Labute approximate surface area is 165 Å². The third-order valence-electron chi connectivity index (χ3n) is 5.45. The van der Waals surface area contributed by atoms with Crippen LogP contribution < -0.4 is 10.2 Å². The Bertz CT molecular complexity index is 567. The monoisotopic (exact) mass is 407 g/mol. The second-order valence-corrected chi connectivity index (χ2v) is 7.90. The average molecular weight is 408 g/mol. The maximum Gasteiger partial charge on any atom is 0.222 e. The van der Waals surface area contributed by atoms with Crippen LogP contribution in [-0.4, -0.2) is 58.4 Å². The average Bonchev–Trinajstić information content (AvgIpc) is 3.13. The van der Waals surface area contributed by atoms with Crippen LogP contribution in [0.15, 0.2) is 0 Å². The molecule has 0 radical (unpaired) electrons. The fraction of sp³-hybridized carbons (Fsp3) is 0.812. The fourth-order valence-electron chi connectivity index (χ4n) is 4.28. The van der Waals surface area contributed by atoms with Crippen molar-refractivity contribution in [2.75, 3.05) is 31.1 Å². The number of piperazine rings is 1. The van der Waals surface area contributed by atoms with Crippen molar-refractivity contribution < 1.29 is 4.79 Å². The standard InChI is InChI=1S/C16H25N5OS.2ClH/c1-11-17-16(23-19-11)21-6-4-20(5-7-21)15(22)10-12-8-13-2-3-14(9-12)18-13;;/h12-14,18H,2-10H2,1H3;2*1H. The number of fused-ring (bicyclic) bond motifs is 2. The van der Waals surface area contributed by atoms with E-state index in [0.717, 1.165) is 43.6 Å². The van der Waals surface area contributed by atoms with E-state index in [0.29, 0.717) is 23.9 Å². The quantitative estimate of drug-likeness (QED) is 0.832. The summed E-state index contributed by atoms with van der Waals surface area (Å²) in [6, 6.07) is 1.34. The van der Waals surface area contributed by atoms with Crippen molar-refractivity contribution in [1.29, 1.82) is 0 Å². The third-order valence-corrected chi connectivity index (χ3v) is 6.32. The first kappa shape index (κ1) is 20.7. The van der Waals surface area contributed by atoms with Crippen molar-refractivity contribution >= 4 is 47.4 Å². The summed E-state index contributed by atoms with van der Waals surface area (Å²) in [5.41, 5.74) is 0. The summed E-state index contributed by atoms with van der Waals surface area (Å²) < 4.78 is 4.25. The minimum atomic E-state index is 0. The van der Waals surface area contributed by atoms with E-state index in [1.54, 1.807) is 0 Å². The molecule has 3 aliphatic heterocycles. The van der Waals surface area contributed by atoms with E-state index in [1.807, 2.05) is 11.8 Å². The number of carbonyl (C=O) groups is 1. The molecule has 1 aromatic rings. The number of hydrogen-bond acceptors (Lipinski definition) is 6. The smallest absolute Gasteiger partial charge is 0.222 e. The first-order valence-electron chi connectivity index (χ1n) is 8.76. The van der Waals surface area contributed by atoms with Gasteiger partial charge in [-0.25, -0.2) is 4.98 Å².